The summed E-state index contributed by atoms with van der Waals surface area (Å²) < 4.78 is 0. The topological polar surface area (TPSA) is 3.24 Å². The molecule has 2 rings (SSSR count). The lowest BCUT2D eigenvalue weighted by atomic mass is 9.80. The zero-order valence-electron chi connectivity index (χ0n) is 10.5. The molecule has 1 aromatic carbocycles. The van der Waals surface area contributed by atoms with Crippen LogP contribution in [-0.2, 0) is 0 Å². The van der Waals surface area contributed by atoms with Crippen molar-refractivity contribution in [3.8, 4) is 0 Å². The van der Waals surface area contributed by atoms with E-state index in [0.717, 1.165) is 0 Å². The fraction of sp³-hybridized carbons (Fsp3) is 0.571. The summed E-state index contributed by atoms with van der Waals surface area (Å²) in [6.07, 6.45) is 1.24. The van der Waals surface area contributed by atoms with Gasteiger partial charge in [0.1, 0.15) is 0 Å². The van der Waals surface area contributed by atoms with Crippen LogP contribution in [0.2, 0.25) is 0 Å². The van der Waals surface area contributed by atoms with E-state index in [9.17, 15) is 0 Å². The van der Waals surface area contributed by atoms with E-state index in [4.69, 9.17) is 0 Å². The van der Waals surface area contributed by atoms with Gasteiger partial charge in [-0.15, -0.1) is 0 Å². The van der Waals surface area contributed by atoms with Crippen LogP contribution in [0.15, 0.2) is 18.2 Å². The highest BCUT2D eigenvalue weighted by Crippen LogP contribution is 2.42. The van der Waals surface area contributed by atoms with E-state index in [1.54, 1.807) is 0 Å². The molecular weight excluding hydrogens is 182 g/mol. The molecule has 0 aromatic heterocycles. The molecule has 0 aliphatic carbocycles. The van der Waals surface area contributed by atoms with E-state index in [-0.39, 0.29) is 5.54 Å². The van der Waals surface area contributed by atoms with Crippen molar-refractivity contribution < 1.29 is 0 Å². The Kier molecular flexibility index (Phi) is 2.29. The van der Waals surface area contributed by atoms with Crippen molar-refractivity contribution in [2.45, 2.75) is 45.6 Å². The van der Waals surface area contributed by atoms with E-state index >= 15 is 0 Å². The van der Waals surface area contributed by atoms with Crippen LogP contribution in [0, 0.1) is 6.92 Å². The van der Waals surface area contributed by atoms with E-state index < -0.39 is 0 Å². The zero-order valence-corrected chi connectivity index (χ0v) is 10.5. The third kappa shape index (κ3) is 1.64. The summed E-state index contributed by atoms with van der Waals surface area (Å²) in [5.74, 6) is 0.672. The van der Waals surface area contributed by atoms with Crippen LogP contribution in [0.3, 0.4) is 0 Å². The average Bonchev–Trinajstić information content (AvgIpc) is 2.14. The van der Waals surface area contributed by atoms with E-state index in [0.29, 0.717) is 5.92 Å². The highest BCUT2D eigenvalue weighted by Gasteiger charge is 2.33. The van der Waals surface area contributed by atoms with Gasteiger partial charge in [-0.05, 0) is 44.7 Å². The molecule has 1 nitrogen and oxygen atoms in total. The minimum atomic E-state index is 0.279. The first-order valence-corrected chi connectivity index (χ1v) is 5.76. The maximum absolute atomic E-state index is 2.42. The Labute approximate surface area is 93.1 Å². The number of hydrogen-bond donors (Lipinski definition) is 0. The van der Waals surface area contributed by atoms with Crippen LogP contribution in [0.5, 0.6) is 0 Å². The number of rotatable bonds is 0. The summed E-state index contributed by atoms with van der Waals surface area (Å²) >= 11 is 0. The molecular formula is C14H21N. The number of hydrogen-bond acceptors (Lipinski definition) is 1. The summed E-state index contributed by atoms with van der Waals surface area (Å²) in [6, 6.07) is 6.82. The first kappa shape index (κ1) is 10.5. The summed E-state index contributed by atoms with van der Waals surface area (Å²) in [6.45, 7) is 9.17. The van der Waals surface area contributed by atoms with Gasteiger partial charge in [-0.3, -0.25) is 0 Å². The smallest absolute Gasteiger partial charge is 0.0403 e. The van der Waals surface area contributed by atoms with Crippen LogP contribution >= 0.6 is 0 Å². The van der Waals surface area contributed by atoms with Gasteiger partial charge in [0.15, 0.2) is 0 Å². The van der Waals surface area contributed by atoms with Crippen LogP contribution in [0.1, 0.15) is 44.2 Å². The molecule has 15 heavy (non-hydrogen) atoms. The van der Waals surface area contributed by atoms with Crippen LogP contribution in [-0.4, -0.2) is 12.6 Å². The predicted octanol–water partition coefficient (Wildman–Crippen LogP) is 3.72. The fourth-order valence-corrected chi connectivity index (χ4v) is 2.70. The summed E-state index contributed by atoms with van der Waals surface area (Å²) in [7, 11) is 2.21. The maximum Gasteiger partial charge on any atom is 0.0403 e. The Morgan fingerprint density at radius 2 is 2.00 bits per heavy atom. The zero-order chi connectivity index (χ0) is 11.2. The van der Waals surface area contributed by atoms with Crippen molar-refractivity contribution in [2.75, 3.05) is 11.9 Å². The van der Waals surface area contributed by atoms with Crippen molar-refractivity contribution in [1.82, 2.24) is 0 Å². The summed E-state index contributed by atoms with van der Waals surface area (Å²) in [5.41, 5.74) is 4.57. The molecule has 0 amide bonds. The number of benzene rings is 1. The van der Waals surface area contributed by atoms with Crippen molar-refractivity contribution >= 4 is 5.69 Å². The number of aryl methyl sites for hydroxylation is 1. The Hall–Kier alpha value is -0.980. The highest BCUT2D eigenvalue weighted by atomic mass is 15.2. The first-order valence-electron chi connectivity index (χ1n) is 5.76. The quantitative estimate of drug-likeness (QED) is 0.621. The van der Waals surface area contributed by atoms with Gasteiger partial charge < -0.3 is 4.90 Å². The minimum Gasteiger partial charge on any atom is -0.369 e. The van der Waals surface area contributed by atoms with Crippen LogP contribution < -0.4 is 4.90 Å². The molecule has 1 unspecified atom stereocenters. The normalized spacial score (nSPS) is 23.8. The predicted molar refractivity (Wildman–Crippen MR) is 66.7 cm³/mol. The summed E-state index contributed by atoms with van der Waals surface area (Å²) in [4.78, 5) is 2.42. The second-order valence-electron chi connectivity index (χ2n) is 5.54. The molecule has 1 heteroatoms. The standard InChI is InChI=1S/C14H21N/c1-10-6-7-13-12(8-10)11(2)9-14(3,4)15(13)5/h6-8,11H,9H2,1-5H3. The highest BCUT2D eigenvalue weighted by molar-refractivity contribution is 5.59. The molecule has 1 aliphatic rings. The number of nitrogens with zero attached hydrogens (tertiary/aromatic N) is 1. The molecule has 1 aromatic rings. The number of fused-ring (bicyclic) bond motifs is 1. The molecule has 1 aliphatic heterocycles. The molecule has 0 N–H and O–H groups in total. The van der Waals surface area contributed by atoms with E-state index in [1.807, 2.05) is 0 Å². The van der Waals surface area contributed by atoms with Gasteiger partial charge in [0.2, 0.25) is 0 Å². The Balaban J connectivity index is 2.54. The lowest BCUT2D eigenvalue weighted by Gasteiger charge is -2.45. The fourth-order valence-electron chi connectivity index (χ4n) is 2.70. The maximum atomic E-state index is 2.42. The van der Waals surface area contributed by atoms with Crippen molar-refractivity contribution in [3.63, 3.8) is 0 Å². The van der Waals surface area contributed by atoms with Crippen molar-refractivity contribution in [3.05, 3.63) is 29.3 Å². The first-order chi connectivity index (χ1) is 6.92. The van der Waals surface area contributed by atoms with Crippen LogP contribution in [0.4, 0.5) is 5.69 Å². The SMILES string of the molecule is Cc1ccc2c(c1)C(C)CC(C)(C)N2C. The second kappa shape index (κ2) is 3.26. The largest absolute Gasteiger partial charge is 0.369 e. The number of anilines is 1. The Morgan fingerprint density at radius 1 is 1.33 bits per heavy atom. The second-order valence-corrected chi connectivity index (χ2v) is 5.54. The lowest BCUT2D eigenvalue weighted by molar-refractivity contribution is 0.395. The van der Waals surface area contributed by atoms with Crippen molar-refractivity contribution in [2.24, 2.45) is 0 Å². The molecule has 0 saturated heterocycles. The third-order valence-corrected chi connectivity index (χ3v) is 3.79. The molecule has 82 valence electrons. The van der Waals surface area contributed by atoms with Crippen molar-refractivity contribution in [1.29, 1.82) is 0 Å². The average molecular weight is 203 g/mol. The molecule has 0 radical (unpaired) electrons. The third-order valence-electron chi connectivity index (χ3n) is 3.79. The molecule has 0 saturated carbocycles. The molecule has 0 bridgehead atoms. The van der Waals surface area contributed by atoms with Crippen LogP contribution in [0.25, 0.3) is 0 Å². The molecule has 0 fully saturated rings. The van der Waals surface area contributed by atoms with Gasteiger partial charge in [-0.25, -0.2) is 0 Å². The van der Waals surface area contributed by atoms with Gasteiger partial charge in [0, 0.05) is 18.3 Å². The molecule has 1 heterocycles. The van der Waals surface area contributed by atoms with Gasteiger partial charge >= 0.3 is 0 Å². The van der Waals surface area contributed by atoms with E-state index in [1.165, 1.54) is 23.2 Å². The monoisotopic (exact) mass is 203 g/mol. The molecule has 0 spiro atoms. The Bertz CT molecular complexity index is 379. The lowest BCUT2D eigenvalue weighted by Crippen LogP contribution is -2.45. The van der Waals surface area contributed by atoms with Gasteiger partial charge in [0.25, 0.3) is 0 Å². The van der Waals surface area contributed by atoms with E-state index in [2.05, 4.69) is 57.8 Å². The van der Waals surface area contributed by atoms with Gasteiger partial charge in [-0.1, -0.05) is 24.6 Å². The van der Waals surface area contributed by atoms with Gasteiger partial charge in [-0.2, -0.15) is 0 Å². The molecule has 1 atom stereocenters. The summed E-state index contributed by atoms with van der Waals surface area (Å²) in [5, 5.41) is 0. The Morgan fingerprint density at radius 3 is 2.67 bits per heavy atom. The van der Waals surface area contributed by atoms with Gasteiger partial charge in [0.05, 0.1) is 0 Å². The minimum absolute atomic E-state index is 0.279.